The Kier molecular flexibility index (Phi) is 4.49. The topological polar surface area (TPSA) is 49.4 Å². The molecule has 0 aromatic heterocycles. The third-order valence-electron chi connectivity index (χ3n) is 3.23. The van der Waals surface area contributed by atoms with Gasteiger partial charge in [0.05, 0.1) is 12.1 Å². The predicted molar refractivity (Wildman–Crippen MR) is 69.2 cm³/mol. The smallest absolute Gasteiger partial charge is 0.254 e. The monoisotopic (exact) mass is 264 g/mol. The molecule has 0 spiro atoms. The van der Waals surface area contributed by atoms with Crippen LogP contribution >= 0.6 is 0 Å². The van der Waals surface area contributed by atoms with Crippen molar-refractivity contribution in [2.75, 3.05) is 19.6 Å². The van der Waals surface area contributed by atoms with Gasteiger partial charge in [-0.1, -0.05) is 12.1 Å². The van der Waals surface area contributed by atoms with E-state index in [2.05, 4.69) is 5.32 Å². The average molecular weight is 264 g/mol. The number of nitrogens with zero attached hydrogens (tertiary/aromatic N) is 1. The number of benzene rings is 1. The summed E-state index contributed by atoms with van der Waals surface area (Å²) < 4.78 is 13.4. The van der Waals surface area contributed by atoms with Crippen LogP contribution in [0.5, 0.6) is 0 Å². The lowest BCUT2D eigenvalue weighted by Crippen LogP contribution is -2.42. The summed E-state index contributed by atoms with van der Waals surface area (Å²) in [6, 6.07) is 5.73. The zero-order chi connectivity index (χ0) is 13.7. The van der Waals surface area contributed by atoms with Crippen LogP contribution in [0.3, 0.4) is 0 Å². The van der Waals surface area contributed by atoms with Crippen molar-refractivity contribution in [2.45, 2.75) is 19.3 Å². The average Bonchev–Trinajstić information content (AvgIpc) is 2.46. The Labute approximate surface area is 111 Å². The normalized spacial score (nSPS) is 15.1. The number of piperidine rings is 1. The molecule has 1 fully saturated rings. The predicted octanol–water partition coefficient (Wildman–Crippen LogP) is 1.57. The molecule has 1 aromatic rings. The first-order valence-electron chi connectivity index (χ1n) is 6.49. The molecule has 1 aliphatic heterocycles. The number of likely N-dealkylation sites (tertiary alicyclic amines) is 1. The molecule has 19 heavy (non-hydrogen) atoms. The highest BCUT2D eigenvalue weighted by Gasteiger charge is 2.18. The van der Waals surface area contributed by atoms with Crippen molar-refractivity contribution >= 4 is 11.8 Å². The van der Waals surface area contributed by atoms with E-state index in [1.807, 2.05) is 0 Å². The molecule has 0 atom stereocenters. The summed E-state index contributed by atoms with van der Waals surface area (Å²) in [5.74, 6) is -1.24. The molecule has 1 saturated heterocycles. The number of carbonyl (C=O) groups excluding carboxylic acids is 2. The maximum Gasteiger partial charge on any atom is 0.254 e. The van der Waals surface area contributed by atoms with E-state index < -0.39 is 11.7 Å². The third kappa shape index (κ3) is 3.53. The molecule has 0 radical (unpaired) electrons. The molecule has 5 heteroatoms. The van der Waals surface area contributed by atoms with E-state index in [0.29, 0.717) is 0 Å². The minimum Gasteiger partial charge on any atom is -0.343 e. The number of hydrogen-bond donors (Lipinski definition) is 1. The Morgan fingerprint density at radius 1 is 1.16 bits per heavy atom. The minimum atomic E-state index is -0.578. The van der Waals surface area contributed by atoms with Gasteiger partial charge >= 0.3 is 0 Å². The van der Waals surface area contributed by atoms with Gasteiger partial charge in [-0.3, -0.25) is 9.59 Å². The van der Waals surface area contributed by atoms with Crippen molar-refractivity contribution in [2.24, 2.45) is 0 Å². The second kappa shape index (κ2) is 6.31. The van der Waals surface area contributed by atoms with Crippen LogP contribution < -0.4 is 5.32 Å². The fourth-order valence-electron chi connectivity index (χ4n) is 2.15. The number of hydrogen-bond acceptors (Lipinski definition) is 2. The zero-order valence-corrected chi connectivity index (χ0v) is 10.7. The van der Waals surface area contributed by atoms with Gasteiger partial charge in [0.1, 0.15) is 5.82 Å². The van der Waals surface area contributed by atoms with E-state index in [1.54, 1.807) is 11.0 Å². The van der Waals surface area contributed by atoms with Crippen molar-refractivity contribution < 1.29 is 14.0 Å². The van der Waals surface area contributed by atoms with Crippen molar-refractivity contribution in [3.05, 3.63) is 35.6 Å². The van der Waals surface area contributed by atoms with Crippen LogP contribution in [-0.2, 0) is 4.79 Å². The van der Waals surface area contributed by atoms with Gasteiger partial charge in [0.25, 0.3) is 5.91 Å². The summed E-state index contributed by atoms with van der Waals surface area (Å²) in [6.45, 7) is 1.41. The lowest BCUT2D eigenvalue weighted by Gasteiger charge is -2.26. The van der Waals surface area contributed by atoms with Crippen LogP contribution in [0.25, 0.3) is 0 Å². The minimum absolute atomic E-state index is 0.0334. The molecule has 102 valence electrons. The van der Waals surface area contributed by atoms with E-state index >= 15 is 0 Å². The SMILES string of the molecule is O=C(NCC(=O)N1CCCCC1)c1ccccc1F. The highest BCUT2D eigenvalue weighted by molar-refractivity contribution is 5.96. The van der Waals surface area contributed by atoms with E-state index in [0.717, 1.165) is 32.4 Å². The van der Waals surface area contributed by atoms with Gasteiger partial charge in [-0.2, -0.15) is 0 Å². The molecule has 0 unspecified atom stereocenters. The first-order chi connectivity index (χ1) is 9.18. The number of nitrogens with one attached hydrogen (secondary N) is 1. The van der Waals surface area contributed by atoms with Crippen LogP contribution in [-0.4, -0.2) is 36.3 Å². The fourth-order valence-corrected chi connectivity index (χ4v) is 2.15. The van der Waals surface area contributed by atoms with Crippen molar-refractivity contribution in [1.82, 2.24) is 10.2 Å². The molecular weight excluding hydrogens is 247 g/mol. The zero-order valence-electron chi connectivity index (χ0n) is 10.7. The molecule has 2 amide bonds. The second-order valence-electron chi connectivity index (χ2n) is 4.60. The second-order valence-corrected chi connectivity index (χ2v) is 4.60. The van der Waals surface area contributed by atoms with Gasteiger partial charge in [0.15, 0.2) is 0 Å². The summed E-state index contributed by atoms with van der Waals surface area (Å²) in [7, 11) is 0. The molecule has 1 heterocycles. The van der Waals surface area contributed by atoms with Crippen molar-refractivity contribution in [1.29, 1.82) is 0 Å². The fraction of sp³-hybridized carbons (Fsp3) is 0.429. The summed E-state index contributed by atoms with van der Waals surface area (Å²) in [5, 5.41) is 2.47. The number of rotatable bonds is 3. The Balaban J connectivity index is 1.86. The molecular formula is C14H17FN2O2. The Bertz CT molecular complexity index is 470. The van der Waals surface area contributed by atoms with Crippen LogP contribution in [0.4, 0.5) is 4.39 Å². The number of carbonyl (C=O) groups is 2. The van der Waals surface area contributed by atoms with Gasteiger partial charge in [-0.15, -0.1) is 0 Å². The Morgan fingerprint density at radius 3 is 2.53 bits per heavy atom. The van der Waals surface area contributed by atoms with Crippen molar-refractivity contribution in [3.63, 3.8) is 0 Å². The molecule has 0 saturated carbocycles. The molecule has 0 aliphatic carbocycles. The summed E-state index contributed by atoms with van der Waals surface area (Å²) >= 11 is 0. The molecule has 1 N–H and O–H groups in total. The third-order valence-corrected chi connectivity index (χ3v) is 3.23. The first-order valence-corrected chi connectivity index (χ1v) is 6.49. The summed E-state index contributed by atoms with van der Waals surface area (Å²) in [6.07, 6.45) is 3.16. The molecule has 1 aliphatic rings. The van der Waals surface area contributed by atoms with Gasteiger partial charge in [-0.25, -0.2) is 4.39 Å². The van der Waals surface area contributed by atoms with Crippen LogP contribution in [0, 0.1) is 5.82 Å². The molecule has 2 rings (SSSR count). The van der Waals surface area contributed by atoms with E-state index in [1.165, 1.54) is 18.2 Å². The Hall–Kier alpha value is -1.91. The number of halogens is 1. The van der Waals surface area contributed by atoms with Gasteiger partial charge < -0.3 is 10.2 Å². The Morgan fingerprint density at radius 2 is 1.84 bits per heavy atom. The van der Waals surface area contributed by atoms with Gasteiger partial charge in [0.2, 0.25) is 5.91 Å². The van der Waals surface area contributed by atoms with Crippen molar-refractivity contribution in [3.8, 4) is 0 Å². The molecule has 1 aromatic carbocycles. The highest BCUT2D eigenvalue weighted by Crippen LogP contribution is 2.09. The summed E-state index contributed by atoms with van der Waals surface area (Å²) in [5.41, 5.74) is -0.0334. The number of amides is 2. The maximum absolute atomic E-state index is 13.4. The van der Waals surface area contributed by atoms with E-state index in [4.69, 9.17) is 0 Å². The summed E-state index contributed by atoms with van der Waals surface area (Å²) in [4.78, 5) is 25.3. The van der Waals surface area contributed by atoms with Gasteiger partial charge in [-0.05, 0) is 31.4 Å². The van der Waals surface area contributed by atoms with Crippen LogP contribution in [0.1, 0.15) is 29.6 Å². The molecule has 4 nitrogen and oxygen atoms in total. The highest BCUT2D eigenvalue weighted by atomic mass is 19.1. The van der Waals surface area contributed by atoms with E-state index in [9.17, 15) is 14.0 Å². The van der Waals surface area contributed by atoms with E-state index in [-0.39, 0.29) is 18.0 Å². The maximum atomic E-state index is 13.4. The lowest BCUT2D eigenvalue weighted by molar-refractivity contribution is -0.130. The molecule has 0 bridgehead atoms. The lowest BCUT2D eigenvalue weighted by atomic mass is 10.1. The standard InChI is InChI=1S/C14H17FN2O2/c15-12-7-3-2-6-11(12)14(19)16-10-13(18)17-8-4-1-5-9-17/h2-3,6-7H,1,4-5,8-10H2,(H,16,19). The van der Waals surface area contributed by atoms with Crippen LogP contribution in [0.15, 0.2) is 24.3 Å². The van der Waals surface area contributed by atoms with Crippen LogP contribution in [0.2, 0.25) is 0 Å². The largest absolute Gasteiger partial charge is 0.343 e. The first kappa shape index (κ1) is 13.5. The van der Waals surface area contributed by atoms with Gasteiger partial charge in [0, 0.05) is 13.1 Å². The quantitative estimate of drug-likeness (QED) is 0.901.